The molecule has 0 amide bonds. The smallest absolute Gasteiger partial charge is 0.0742 e. The summed E-state index contributed by atoms with van der Waals surface area (Å²) >= 11 is 0. The zero-order chi connectivity index (χ0) is 12.1. The average molecular weight is 233 g/mol. The second-order valence-electron chi connectivity index (χ2n) is 4.42. The highest BCUT2D eigenvalue weighted by atomic mass is 16.4. The first-order valence-corrected chi connectivity index (χ1v) is 6.19. The van der Waals surface area contributed by atoms with Gasteiger partial charge in [0.25, 0.3) is 0 Å². The van der Waals surface area contributed by atoms with Crippen LogP contribution in [0.2, 0.25) is 0 Å². The van der Waals surface area contributed by atoms with E-state index in [1.54, 1.807) is 0 Å². The van der Waals surface area contributed by atoms with Gasteiger partial charge in [-0.2, -0.15) is 0 Å². The number of aromatic nitrogens is 1. The summed E-state index contributed by atoms with van der Waals surface area (Å²) in [5, 5.41) is 12.4. The molecular formula is C13H19N3O. The van der Waals surface area contributed by atoms with Gasteiger partial charge in [-0.05, 0) is 43.5 Å². The van der Waals surface area contributed by atoms with Gasteiger partial charge in [0.15, 0.2) is 0 Å². The molecule has 1 aromatic rings. The van der Waals surface area contributed by atoms with Crippen molar-refractivity contribution in [3.63, 3.8) is 0 Å². The van der Waals surface area contributed by atoms with Gasteiger partial charge in [0.1, 0.15) is 0 Å². The highest BCUT2D eigenvalue weighted by Gasteiger charge is 2.28. The molecular weight excluding hydrogens is 214 g/mol. The van der Waals surface area contributed by atoms with Crippen LogP contribution in [0.1, 0.15) is 31.7 Å². The molecule has 2 rings (SSSR count). The molecule has 0 aliphatic heterocycles. The molecule has 92 valence electrons. The van der Waals surface area contributed by atoms with E-state index in [-0.39, 0.29) is 0 Å². The van der Waals surface area contributed by atoms with Crippen molar-refractivity contribution in [2.75, 3.05) is 6.54 Å². The van der Waals surface area contributed by atoms with Crippen molar-refractivity contribution in [2.24, 2.45) is 5.16 Å². The monoisotopic (exact) mass is 233 g/mol. The van der Waals surface area contributed by atoms with Crippen molar-refractivity contribution in [1.82, 2.24) is 9.88 Å². The molecule has 1 heterocycles. The Kier molecular flexibility index (Phi) is 4.09. The minimum atomic E-state index is 0.304. The van der Waals surface area contributed by atoms with Crippen LogP contribution in [0.4, 0.5) is 0 Å². The number of rotatable bonds is 4. The standard InChI is InChI=1S/C13H19N3O/c1-2-16(10-11-6-8-14-9-7-11)13-5-3-4-12(13)15-17/h6-9,13,17H,2-5,10H2,1H3. The lowest BCUT2D eigenvalue weighted by Gasteiger charge is -2.27. The van der Waals surface area contributed by atoms with Crippen LogP contribution in [0.5, 0.6) is 0 Å². The van der Waals surface area contributed by atoms with Crippen LogP contribution in [0, 0.1) is 0 Å². The topological polar surface area (TPSA) is 48.7 Å². The van der Waals surface area contributed by atoms with Crippen molar-refractivity contribution < 1.29 is 5.21 Å². The Hall–Kier alpha value is -1.42. The van der Waals surface area contributed by atoms with E-state index in [4.69, 9.17) is 5.21 Å². The van der Waals surface area contributed by atoms with E-state index in [1.165, 1.54) is 5.56 Å². The number of hydrogen-bond acceptors (Lipinski definition) is 4. The van der Waals surface area contributed by atoms with E-state index in [9.17, 15) is 0 Å². The maximum Gasteiger partial charge on any atom is 0.0742 e. The molecule has 1 aliphatic rings. The lowest BCUT2D eigenvalue weighted by atomic mass is 10.1. The summed E-state index contributed by atoms with van der Waals surface area (Å²) in [6, 6.07) is 4.37. The molecule has 0 spiro atoms. The Morgan fingerprint density at radius 1 is 1.47 bits per heavy atom. The minimum Gasteiger partial charge on any atom is -0.411 e. The molecule has 4 nitrogen and oxygen atoms in total. The van der Waals surface area contributed by atoms with Crippen LogP contribution in [0.25, 0.3) is 0 Å². The summed E-state index contributed by atoms with van der Waals surface area (Å²) in [7, 11) is 0. The number of oxime groups is 1. The van der Waals surface area contributed by atoms with Gasteiger partial charge in [-0.1, -0.05) is 12.1 Å². The SMILES string of the molecule is CCN(Cc1ccncc1)C1CCCC1=NO. The number of pyridine rings is 1. The van der Waals surface area contributed by atoms with Crippen LogP contribution in [0.15, 0.2) is 29.7 Å². The molecule has 0 bridgehead atoms. The van der Waals surface area contributed by atoms with Crippen LogP contribution in [0.3, 0.4) is 0 Å². The van der Waals surface area contributed by atoms with Gasteiger partial charge < -0.3 is 5.21 Å². The molecule has 1 unspecified atom stereocenters. The molecule has 4 heteroatoms. The third-order valence-corrected chi connectivity index (χ3v) is 3.41. The van der Waals surface area contributed by atoms with Gasteiger partial charge in [-0.25, -0.2) is 0 Å². The molecule has 0 radical (unpaired) electrons. The lowest BCUT2D eigenvalue weighted by Crippen LogP contribution is -2.37. The van der Waals surface area contributed by atoms with Crippen LogP contribution >= 0.6 is 0 Å². The fourth-order valence-electron chi connectivity index (χ4n) is 2.48. The van der Waals surface area contributed by atoms with Gasteiger partial charge >= 0.3 is 0 Å². The first kappa shape index (κ1) is 12.0. The van der Waals surface area contributed by atoms with E-state index in [0.717, 1.165) is 38.1 Å². The maximum atomic E-state index is 9.00. The van der Waals surface area contributed by atoms with E-state index in [1.807, 2.05) is 24.5 Å². The number of nitrogens with zero attached hydrogens (tertiary/aromatic N) is 3. The quantitative estimate of drug-likeness (QED) is 0.641. The first-order chi connectivity index (χ1) is 8.35. The predicted octanol–water partition coefficient (Wildman–Crippen LogP) is 2.29. The van der Waals surface area contributed by atoms with Gasteiger partial charge in [0, 0.05) is 18.9 Å². The number of hydrogen-bond donors (Lipinski definition) is 1. The predicted molar refractivity (Wildman–Crippen MR) is 67.2 cm³/mol. The molecule has 1 atom stereocenters. The summed E-state index contributed by atoms with van der Waals surface area (Å²) in [6.45, 7) is 4.00. The molecule has 1 aliphatic carbocycles. The molecule has 1 fully saturated rings. The van der Waals surface area contributed by atoms with Crippen LogP contribution in [-0.4, -0.2) is 33.4 Å². The van der Waals surface area contributed by atoms with Crippen molar-refractivity contribution in [3.8, 4) is 0 Å². The van der Waals surface area contributed by atoms with Gasteiger partial charge in [-0.15, -0.1) is 0 Å². The Morgan fingerprint density at radius 3 is 2.88 bits per heavy atom. The fourth-order valence-corrected chi connectivity index (χ4v) is 2.48. The van der Waals surface area contributed by atoms with Crippen molar-refractivity contribution in [3.05, 3.63) is 30.1 Å². The maximum absolute atomic E-state index is 9.00. The molecule has 1 N–H and O–H groups in total. The summed E-state index contributed by atoms with van der Waals surface area (Å²) < 4.78 is 0. The second-order valence-corrected chi connectivity index (χ2v) is 4.42. The molecule has 0 aromatic carbocycles. The first-order valence-electron chi connectivity index (χ1n) is 6.19. The highest BCUT2D eigenvalue weighted by Crippen LogP contribution is 2.22. The van der Waals surface area contributed by atoms with Crippen molar-refractivity contribution in [1.29, 1.82) is 0 Å². The zero-order valence-corrected chi connectivity index (χ0v) is 10.2. The molecule has 1 saturated carbocycles. The third-order valence-electron chi connectivity index (χ3n) is 3.41. The fraction of sp³-hybridized carbons (Fsp3) is 0.538. The summed E-state index contributed by atoms with van der Waals surface area (Å²) in [4.78, 5) is 6.38. The molecule has 0 saturated heterocycles. The second kappa shape index (κ2) is 5.77. The van der Waals surface area contributed by atoms with Crippen molar-refractivity contribution in [2.45, 2.75) is 38.8 Å². The van der Waals surface area contributed by atoms with Gasteiger partial charge in [-0.3, -0.25) is 9.88 Å². The minimum absolute atomic E-state index is 0.304. The largest absolute Gasteiger partial charge is 0.411 e. The highest BCUT2D eigenvalue weighted by molar-refractivity contribution is 5.90. The van der Waals surface area contributed by atoms with E-state index in [2.05, 4.69) is 22.0 Å². The van der Waals surface area contributed by atoms with Crippen molar-refractivity contribution >= 4 is 5.71 Å². The molecule has 1 aromatic heterocycles. The summed E-state index contributed by atoms with van der Waals surface area (Å²) in [5.74, 6) is 0. The Balaban J connectivity index is 2.06. The van der Waals surface area contributed by atoms with Gasteiger partial charge in [0.2, 0.25) is 0 Å². The van der Waals surface area contributed by atoms with Crippen LogP contribution in [-0.2, 0) is 6.54 Å². The van der Waals surface area contributed by atoms with E-state index < -0.39 is 0 Å². The van der Waals surface area contributed by atoms with Gasteiger partial charge in [0.05, 0.1) is 11.8 Å². The summed E-state index contributed by atoms with van der Waals surface area (Å²) in [6.07, 6.45) is 6.78. The van der Waals surface area contributed by atoms with Crippen LogP contribution < -0.4 is 0 Å². The van der Waals surface area contributed by atoms with E-state index in [0.29, 0.717) is 6.04 Å². The normalized spacial score (nSPS) is 22.5. The Bertz CT molecular complexity index is 378. The average Bonchev–Trinajstić information content (AvgIpc) is 2.85. The molecule has 17 heavy (non-hydrogen) atoms. The zero-order valence-electron chi connectivity index (χ0n) is 10.2. The lowest BCUT2D eigenvalue weighted by molar-refractivity contribution is 0.236. The Morgan fingerprint density at radius 2 is 2.24 bits per heavy atom. The van der Waals surface area contributed by atoms with E-state index >= 15 is 0 Å². The third kappa shape index (κ3) is 2.82. The summed E-state index contributed by atoms with van der Waals surface area (Å²) in [5.41, 5.74) is 2.19. The Labute approximate surface area is 102 Å².